The molecule has 0 amide bonds. The van der Waals surface area contributed by atoms with Crippen molar-refractivity contribution in [3.8, 4) is 6.07 Å². The molecule has 2 aromatic rings. The number of esters is 1. The number of fused-ring (bicyclic) bond motifs is 1. The molecule has 1 aromatic heterocycles. The summed E-state index contributed by atoms with van der Waals surface area (Å²) < 4.78 is 92.2. The van der Waals surface area contributed by atoms with Gasteiger partial charge in [-0.15, -0.1) is 13.2 Å². The fourth-order valence-electron chi connectivity index (χ4n) is 4.23. The third-order valence-corrected chi connectivity index (χ3v) is 7.14. The van der Waals surface area contributed by atoms with E-state index in [2.05, 4.69) is 19.7 Å². The van der Waals surface area contributed by atoms with Crippen molar-refractivity contribution < 1.29 is 45.4 Å². The van der Waals surface area contributed by atoms with E-state index >= 15 is 0 Å². The maximum Gasteiger partial charge on any atom is 0.575 e. The minimum absolute atomic E-state index is 0.0110. The van der Waals surface area contributed by atoms with Gasteiger partial charge in [-0.2, -0.15) is 5.26 Å². The van der Waals surface area contributed by atoms with Crippen molar-refractivity contribution in [2.24, 2.45) is 16.6 Å². The number of halogens is 7. The predicted octanol–water partition coefficient (Wildman–Crippen LogP) is 4.30. The van der Waals surface area contributed by atoms with E-state index in [-0.39, 0.29) is 27.7 Å². The van der Waals surface area contributed by atoms with Crippen LogP contribution in [0.1, 0.15) is 36.4 Å². The molecule has 8 nitrogen and oxygen atoms in total. The van der Waals surface area contributed by atoms with E-state index in [0.29, 0.717) is 18.7 Å². The van der Waals surface area contributed by atoms with Gasteiger partial charge in [0.15, 0.2) is 16.7 Å². The van der Waals surface area contributed by atoms with Crippen molar-refractivity contribution in [2.45, 2.75) is 36.4 Å². The molecule has 0 bridgehead atoms. The second-order valence-electron chi connectivity index (χ2n) is 8.47. The first-order valence-electron chi connectivity index (χ1n) is 10.7. The molecule has 0 radical (unpaired) electrons. The molecule has 2 aliphatic rings. The second kappa shape index (κ2) is 10.5. The molecule has 0 saturated heterocycles. The number of hydrogen-bond acceptors (Lipinski definition) is 9. The average Bonchev–Trinajstić information content (AvgIpc) is 3.34. The number of amidine groups is 1. The molecule has 208 valence electrons. The molecular formula is C23H18F7N5O3S. The summed E-state index contributed by atoms with van der Waals surface area (Å²) in [5.41, 5.74) is 3.83. The zero-order valence-electron chi connectivity index (χ0n) is 19.9. The number of carbonyl (C=O) groups is 1. The number of aromatic nitrogens is 2. The Balaban J connectivity index is 0.000000459. The summed E-state index contributed by atoms with van der Waals surface area (Å²) in [5, 5.41) is 18.2. The zero-order chi connectivity index (χ0) is 29.4. The van der Waals surface area contributed by atoms with Crippen LogP contribution in [0, 0.1) is 23.1 Å². The van der Waals surface area contributed by atoms with Crippen LogP contribution >= 0.6 is 11.8 Å². The van der Waals surface area contributed by atoms with Crippen molar-refractivity contribution in [1.82, 2.24) is 9.97 Å². The van der Waals surface area contributed by atoms with E-state index in [9.17, 15) is 40.6 Å². The van der Waals surface area contributed by atoms with E-state index in [1.54, 1.807) is 6.07 Å². The van der Waals surface area contributed by atoms with Crippen LogP contribution in [0.15, 0.2) is 35.6 Å². The first-order chi connectivity index (χ1) is 18.0. The van der Waals surface area contributed by atoms with Gasteiger partial charge in [-0.05, 0) is 30.7 Å². The van der Waals surface area contributed by atoms with Crippen LogP contribution in [0.5, 0.6) is 0 Å². The van der Waals surface area contributed by atoms with Crippen molar-refractivity contribution in [2.75, 3.05) is 6.61 Å². The van der Waals surface area contributed by atoms with Crippen LogP contribution in [-0.2, 0) is 15.1 Å². The van der Waals surface area contributed by atoms with Gasteiger partial charge in [-0.1, -0.05) is 17.8 Å². The Bertz CT molecular complexity index is 1380. The highest BCUT2D eigenvalue weighted by atomic mass is 32.2. The second-order valence-corrected chi connectivity index (χ2v) is 9.82. The van der Waals surface area contributed by atoms with Crippen molar-refractivity contribution in [3.05, 3.63) is 58.9 Å². The van der Waals surface area contributed by atoms with Gasteiger partial charge in [0.1, 0.15) is 22.3 Å². The minimum atomic E-state index is -4.83. The number of aliphatic imine (C=N–C) groups is 1. The van der Waals surface area contributed by atoms with Gasteiger partial charge in [0.05, 0.1) is 30.5 Å². The number of ether oxygens (including phenoxy) is 1. The van der Waals surface area contributed by atoms with Crippen LogP contribution in [0.4, 0.5) is 30.7 Å². The number of aliphatic hydroxyl groups is 1. The Hall–Kier alpha value is -3.71. The van der Waals surface area contributed by atoms with E-state index in [4.69, 9.17) is 11.0 Å². The van der Waals surface area contributed by atoms with E-state index in [1.165, 1.54) is 19.1 Å². The first kappa shape index (κ1) is 29.8. The van der Waals surface area contributed by atoms with Crippen molar-refractivity contribution >= 4 is 34.8 Å². The monoisotopic (exact) mass is 577 g/mol. The lowest BCUT2D eigenvalue weighted by molar-refractivity contribution is -0.304. The SMILES string of the molecule is CC(=O)OC(F)(F)F.C[C@]1(c2cc(/C=C(\F)c3cnc(C#N)cn3)ccc2F)N=C(N)S[C@]2(CO)[C@H]1C2(F)F. The molecule has 1 saturated carbocycles. The summed E-state index contributed by atoms with van der Waals surface area (Å²) >= 11 is 0.583. The first-order valence-corrected chi connectivity index (χ1v) is 11.5. The highest BCUT2D eigenvalue weighted by Gasteiger charge is 2.87. The van der Waals surface area contributed by atoms with Crippen LogP contribution in [0.2, 0.25) is 0 Å². The van der Waals surface area contributed by atoms with Gasteiger partial charge >= 0.3 is 12.3 Å². The third-order valence-electron chi connectivity index (χ3n) is 5.84. The molecular weight excluding hydrogens is 559 g/mol. The lowest BCUT2D eigenvalue weighted by Gasteiger charge is -2.32. The summed E-state index contributed by atoms with van der Waals surface area (Å²) in [5.74, 6) is -7.79. The quantitative estimate of drug-likeness (QED) is 0.406. The topological polar surface area (TPSA) is 134 Å². The number of benzene rings is 1. The Morgan fingerprint density at radius 3 is 2.46 bits per heavy atom. The fourth-order valence-corrected chi connectivity index (χ4v) is 5.59. The predicted molar refractivity (Wildman–Crippen MR) is 125 cm³/mol. The smallest absolute Gasteiger partial charge is 0.395 e. The number of alkyl halides is 5. The number of nitrogens with two attached hydrogens (primary N) is 1. The Morgan fingerprint density at radius 2 is 1.97 bits per heavy atom. The number of thioether (sulfide) groups is 1. The molecule has 2 heterocycles. The summed E-state index contributed by atoms with van der Waals surface area (Å²) in [6.07, 6.45) is -1.62. The van der Waals surface area contributed by atoms with Crippen molar-refractivity contribution in [1.29, 1.82) is 5.26 Å². The van der Waals surface area contributed by atoms with Crippen LogP contribution in [0.25, 0.3) is 11.9 Å². The lowest BCUT2D eigenvalue weighted by atomic mass is 9.84. The van der Waals surface area contributed by atoms with Gasteiger partial charge < -0.3 is 15.6 Å². The molecule has 1 fully saturated rings. The number of hydrogen-bond donors (Lipinski definition) is 2. The number of nitrogens with zero attached hydrogens (tertiary/aromatic N) is 4. The van der Waals surface area contributed by atoms with Crippen LogP contribution in [0.3, 0.4) is 0 Å². The maximum atomic E-state index is 14.8. The molecule has 1 aliphatic heterocycles. The summed E-state index contributed by atoms with van der Waals surface area (Å²) in [7, 11) is 0. The highest BCUT2D eigenvalue weighted by molar-refractivity contribution is 8.15. The Kier molecular flexibility index (Phi) is 8.00. The summed E-state index contributed by atoms with van der Waals surface area (Å²) in [4.78, 5) is 21.1. The normalized spacial score (nSPS) is 25.3. The molecule has 3 atom stereocenters. The molecule has 1 aliphatic carbocycles. The van der Waals surface area contributed by atoms with E-state index in [0.717, 1.165) is 24.5 Å². The highest BCUT2D eigenvalue weighted by Crippen LogP contribution is 2.74. The minimum Gasteiger partial charge on any atom is -0.395 e. The molecule has 0 unspecified atom stereocenters. The molecule has 39 heavy (non-hydrogen) atoms. The number of aliphatic hydroxyl groups excluding tert-OH is 1. The summed E-state index contributed by atoms with van der Waals surface area (Å²) in [6, 6.07) is 5.28. The third kappa shape index (κ3) is 5.83. The van der Waals surface area contributed by atoms with Crippen LogP contribution < -0.4 is 5.73 Å². The van der Waals surface area contributed by atoms with Crippen LogP contribution in [-0.4, -0.2) is 49.9 Å². The molecule has 1 aromatic carbocycles. The molecule has 16 heteroatoms. The number of rotatable bonds is 4. The standard InChI is InChI=1S/C20H15F4N5OS.C3H3F3O2/c1-18(16-19(9-30,20(16,23)24)31-17(26)29-18)12-4-10(2-3-13(12)21)5-14(22)15-8-27-11(6-25)7-28-15;1-2(7)8-3(4,5)6/h2-5,7-8,16,30H,9H2,1H3,(H2,26,29);1H3/b14-5-;/t16-,18+,19+;/m0./s1. The van der Waals surface area contributed by atoms with E-state index < -0.39 is 52.7 Å². The Morgan fingerprint density at radius 1 is 1.31 bits per heavy atom. The molecule has 0 spiro atoms. The average molecular weight is 577 g/mol. The Labute approximate surface area is 220 Å². The van der Waals surface area contributed by atoms with Gasteiger partial charge in [0, 0.05) is 12.5 Å². The van der Waals surface area contributed by atoms with Gasteiger partial charge in [-0.3, -0.25) is 9.79 Å². The van der Waals surface area contributed by atoms with Gasteiger partial charge in [0.25, 0.3) is 5.92 Å². The van der Waals surface area contributed by atoms with Gasteiger partial charge in [0.2, 0.25) is 0 Å². The summed E-state index contributed by atoms with van der Waals surface area (Å²) in [6.45, 7) is 1.16. The van der Waals surface area contributed by atoms with Gasteiger partial charge in [-0.25, -0.2) is 27.5 Å². The van der Waals surface area contributed by atoms with E-state index in [1.807, 2.05) is 0 Å². The maximum absolute atomic E-state index is 14.8. The molecule has 4 rings (SSSR count). The fraction of sp³-hybridized carbons (Fsp3) is 0.348. The largest absolute Gasteiger partial charge is 0.575 e. The number of nitriles is 1. The lowest BCUT2D eigenvalue weighted by Crippen LogP contribution is -2.37. The zero-order valence-corrected chi connectivity index (χ0v) is 20.7. The number of carbonyl (C=O) groups excluding carboxylic acids is 1. The molecule has 3 N–H and O–H groups in total. The van der Waals surface area contributed by atoms with Crippen molar-refractivity contribution in [3.63, 3.8) is 0 Å².